The molecule has 1 atom stereocenters. The summed E-state index contributed by atoms with van der Waals surface area (Å²) in [6.07, 6.45) is 1.71. The van der Waals surface area contributed by atoms with Crippen LogP contribution in [0.15, 0.2) is 65.5 Å². The van der Waals surface area contributed by atoms with Crippen LogP contribution >= 0.6 is 15.9 Å². The molecular weight excluding hydrogens is 494 g/mol. The molecule has 0 fully saturated rings. The maximum atomic E-state index is 13.6. The van der Waals surface area contributed by atoms with Gasteiger partial charge in [0.25, 0.3) is 12.3 Å². The van der Waals surface area contributed by atoms with Crippen molar-refractivity contribution < 1.29 is 13.6 Å². The number of hydrogen-bond donors (Lipinski definition) is 1. The van der Waals surface area contributed by atoms with Gasteiger partial charge < -0.3 is 10.6 Å². The standard InChI is InChI=1S/C23H19BrF2N6O/c1-13(22-28-7-2-8-29-22)32(12-17-5-3-15(11-30-17)20(25)26)23(33)14-4-6-19-16(9-14)10-18(24)21(27)31-19/h2-11,13,20H,12H2,1H3,(H2,27,31). The van der Waals surface area contributed by atoms with Crippen molar-refractivity contribution in [1.82, 2.24) is 24.8 Å². The van der Waals surface area contributed by atoms with Gasteiger partial charge in [0.05, 0.1) is 28.3 Å². The van der Waals surface area contributed by atoms with Gasteiger partial charge >= 0.3 is 0 Å². The minimum absolute atomic E-state index is 0.0868. The first kappa shape index (κ1) is 22.7. The normalized spacial score (nSPS) is 12.2. The second kappa shape index (κ2) is 9.53. The van der Waals surface area contributed by atoms with Gasteiger partial charge in [-0.1, -0.05) is 0 Å². The molecule has 0 radical (unpaired) electrons. The molecular formula is C23H19BrF2N6O. The number of aromatic nitrogens is 4. The molecule has 4 rings (SSSR count). The molecule has 168 valence electrons. The fraction of sp³-hybridized carbons (Fsp3) is 0.174. The van der Waals surface area contributed by atoms with E-state index < -0.39 is 12.5 Å². The molecule has 0 aliphatic rings. The van der Waals surface area contributed by atoms with E-state index in [1.54, 1.807) is 54.5 Å². The number of halogens is 3. The molecule has 3 aromatic heterocycles. The number of nitrogens with two attached hydrogens (primary N) is 1. The number of fused-ring (bicyclic) bond motifs is 1. The molecule has 4 aromatic rings. The number of carbonyl (C=O) groups excluding carboxylic acids is 1. The Morgan fingerprint density at radius 1 is 1.12 bits per heavy atom. The van der Waals surface area contributed by atoms with Crippen LogP contribution in [0.2, 0.25) is 0 Å². The second-order valence-electron chi connectivity index (χ2n) is 7.36. The van der Waals surface area contributed by atoms with Gasteiger partial charge in [0, 0.05) is 35.1 Å². The lowest BCUT2D eigenvalue weighted by Crippen LogP contribution is -2.34. The summed E-state index contributed by atoms with van der Waals surface area (Å²) >= 11 is 3.36. The van der Waals surface area contributed by atoms with Crippen molar-refractivity contribution >= 4 is 38.6 Å². The maximum absolute atomic E-state index is 13.6. The van der Waals surface area contributed by atoms with Crippen molar-refractivity contribution in [3.63, 3.8) is 0 Å². The van der Waals surface area contributed by atoms with Crippen LogP contribution in [0.5, 0.6) is 0 Å². The summed E-state index contributed by atoms with van der Waals surface area (Å²) in [5, 5.41) is 0.741. The highest BCUT2D eigenvalue weighted by molar-refractivity contribution is 9.10. The summed E-state index contributed by atoms with van der Waals surface area (Å²) < 4.78 is 26.4. The first-order valence-corrected chi connectivity index (χ1v) is 10.8. The van der Waals surface area contributed by atoms with Gasteiger partial charge in [0.15, 0.2) is 0 Å². The number of pyridine rings is 2. The smallest absolute Gasteiger partial charge is 0.265 e. The second-order valence-corrected chi connectivity index (χ2v) is 8.22. The largest absolute Gasteiger partial charge is 0.383 e. The Kier molecular flexibility index (Phi) is 6.55. The van der Waals surface area contributed by atoms with Crippen LogP contribution in [0.4, 0.5) is 14.6 Å². The lowest BCUT2D eigenvalue weighted by Gasteiger charge is -2.28. The average molecular weight is 513 g/mol. The van der Waals surface area contributed by atoms with Crippen LogP contribution in [-0.2, 0) is 6.54 Å². The molecule has 2 N–H and O–H groups in total. The van der Waals surface area contributed by atoms with E-state index in [2.05, 4.69) is 35.9 Å². The van der Waals surface area contributed by atoms with Gasteiger partial charge in [-0.25, -0.2) is 23.7 Å². The third-order valence-corrected chi connectivity index (χ3v) is 5.80. The Labute approximate surface area is 196 Å². The van der Waals surface area contributed by atoms with Crippen LogP contribution in [0.25, 0.3) is 10.9 Å². The van der Waals surface area contributed by atoms with Crippen molar-refractivity contribution in [3.05, 3.63) is 88.2 Å². The topological polar surface area (TPSA) is 97.9 Å². The Hall–Kier alpha value is -3.53. The number of nitrogen functional groups attached to an aromatic ring is 1. The number of alkyl halides is 2. The van der Waals surface area contributed by atoms with Crippen molar-refractivity contribution in [2.75, 3.05) is 5.73 Å². The van der Waals surface area contributed by atoms with Crippen LogP contribution in [0.3, 0.4) is 0 Å². The molecule has 0 saturated carbocycles. The van der Waals surface area contributed by atoms with E-state index in [4.69, 9.17) is 5.73 Å². The quantitative estimate of drug-likeness (QED) is 0.385. The molecule has 10 heteroatoms. The fourth-order valence-corrected chi connectivity index (χ4v) is 3.68. The third kappa shape index (κ3) is 4.95. The zero-order valence-electron chi connectivity index (χ0n) is 17.5. The van der Waals surface area contributed by atoms with E-state index in [0.29, 0.717) is 32.9 Å². The zero-order chi connectivity index (χ0) is 23.5. The van der Waals surface area contributed by atoms with Crippen molar-refractivity contribution in [2.24, 2.45) is 0 Å². The van der Waals surface area contributed by atoms with E-state index in [-0.39, 0.29) is 18.0 Å². The average Bonchev–Trinajstić information content (AvgIpc) is 2.83. The molecule has 3 heterocycles. The summed E-state index contributed by atoms with van der Waals surface area (Å²) in [6, 6.07) is 10.9. The molecule has 7 nitrogen and oxygen atoms in total. The molecule has 1 amide bonds. The Morgan fingerprint density at radius 2 is 1.88 bits per heavy atom. The summed E-state index contributed by atoms with van der Waals surface area (Å²) in [5.74, 6) is 0.522. The molecule has 0 saturated heterocycles. The van der Waals surface area contributed by atoms with Crippen molar-refractivity contribution in [3.8, 4) is 0 Å². The Morgan fingerprint density at radius 3 is 2.55 bits per heavy atom. The highest BCUT2D eigenvalue weighted by Gasteiger charge is 2.26. The highest BCUT2D eigenvalue weighted by Crippen LogP contribution is 2.27. The number of nitrogens with zero attached hydrogens (tertiary/aromatic N) is 5. The summed E-state index contributed by atoms with van der Waals surface area (Å²) in [5.41, 5.74) is 7.22. The van der Waals surface area contributed by atoms with Crippen LogP contribution in [0.1, 0.15) is 46.8 Å². The minimum Gasteiger partial charge on any atom is -0.383 e. The van der Waals surface area contributed by atoms with Crippen molar-refractivity contribution in [2.45, 2.75) is 25.9 Å². The zero-order valence-corrected chi connectivity index (χ0v) is 19.1. The van der Waals surface area contributed by atoms with Crippen molar-refractivity contribution in [1.29, 1.82) is 0 Å². The van der Waals surface area contributed by atoms with Gasteiger partial charge in [-0.2, -0.15) is 0 Å². The lowest BCUT2D eigenvalue weighted by molar-refractivity contribution is 0.0663. The molecule has 0 aliphatic heterocycles. The van der Waals surface area contributed by atoms with E-state index >= 15 is 0 Å². The first-order valence-electron chi connectivity index (χ1n) is 10.00. The van der Waals surface area contributed by atoms with Crippen LogP contribution in [0, 0.1) is 0 Å². The number of benzene rings is 1. The van der Waals surface area contributed by atoms with Crippen LogP contribution in [-0.4, -0.2) is 30.7 Å². The number of carbonyl (C=O) groups is 1. The maximum Gasteiger partial charge on any atom is 0.265 e. The SMILES string of the molecule is CC(c1ncccn1)N(Cc1ccc(C(F)F)cn1)C(=O)c1ccc2nc(N)c(Br)cc2c1. The van der Waals surface area contributed by atoms with E-state index in [9.17, 15) is 13.6 Å². The van der Waals surface area contributed by atoms with E-state index in [0.717, 1.165) is 11.6 Å². The predicted molar refractivity (Wildman–Crippen MR) is 123 cm³/mol. The van der Waals surface area contributed by atoms with Gasteiger partial charge in [-0.3, -0.25) is 9.78 Å². The number of hydrogen-bond acceptors (Lipinski definition) is 6. The Balaban J connectivity index is 1.70. The first-order chi connectivity index (χ1) is 15.8. The van der Waals surface area contributed by atoms with Gasteiger partial charge in [0.2, 0.25) is 0 Å². The van der Waals surface area contributed by atoms with E-state index in [1.165, 1.54) is 12.1 Å². The highest BCUT2D eigenvalue weighted by atomic mass is 79.9. The molecule has 1 aromatic carbocycles. The van der Waals surface area contributed by atoms with Crippen LogP contribution < -0.4 is 5.73 Å². The van der Waals surface area contributed by atoms with Gasteiger partial charge in [-0.05, 0) is 65.3 Å². The summed E-state index contributed by atoms with van der Waals surface area (Å²) in [6.45, 7) is 1.89. The monoisotopic (exact) mass is 512 g/mol. The predicted octanol–water partition coefficient (Wildman–Crippen LogP) is 5.11. The van der Waals surface area contributed by atoms with E-state index in [1.807, 2.05) is 0 Å². The molecule has 1 unspecified atom stereocenters. The summed E-state index contributed by atoms with van der Waals surface area (Å²) in [7, 11) is 0. The molecule has 0 aliphatic carbocycles. The molecule has 0 bridgehead atoms. The minimum atomic E-state index is -2.61. The Bertz CT molecular complexity index is 1290. The molecule has 0 spiro atoms. The summed E-state index contributed by atoms with van der Waals surface area (Å²) in [4.78, 5) is 32.1. The third-order valence-electron chi connectivity index (χ3n) is 5.16. The fourth-order valence-electron chi connectivity index (χ4n) is 3.35. The molecule has 33 heavy (non-hydrogen) atoms. The number of anilines is 1. The van der Waals surface area contributed by atoms with Gasteiger partial charge in [0.1, 0.15) is 11.6 Å². The lowest BCUT2D eigenvalue weighted by atomic mass is 10.1. The van der Waals surface area contributed by atoms with Gasteiger partial charge in [-0.15, -0.1) is 0 Å². The number of rotatable bonds is 6. The number of amides is 1.